The minimum atomic E-state index is 0.0855. The molecular weight excluding hydrogens is 328 g/mol. The van der Waals surface area contributed by atoms with Gasteiger partial charge in [0.1, 0.15) is 0 Å². The van der Waals surface area contributed by atoms with Crippen LogP contribution in [0.3, 0.4) is 0 Å². The highest BCUT2D eigenvalue weighted by molar-refractivity contribution is 7.99. The van der Waals surface area contributed by atoms with E-state index in [1.807, 2.05) is 0 Å². The number of carbonyl (C=O) groups is 1. The number of amides is 1. The molecule has 0 spiro atoms. The van der Waals surface area contributed by atoms with Crippen LogP contribution in [0.4, 0.5) is 0 Å². The molecule has 1 saturated carbocycles. The fourth-order valence-electron chi connectivity index (χ4n) is 2.29. The van der Waals surface area contributed by atoms with Crippen molar-refractivity contribution in [1.29, 1.82) is 0 Å². The maximum atomic E-state index is 11.8. The highest BCUT2D eigenvalue weighted by atomic mass is 32.2. The molecule has 124 valence electrons. The first kappa shape index (κ1) is 16.5. The Morgan fingerprint density at radius 1 is 1.48 bits per heavy atom. The van der Waals surface area contributed by atoms with Crippen molar-refractivity contribution >= 4 is 29.0 Å². The minimum absolute atomic E-state index is 0.0855. The van der Waals surface area contributed by atoms with Crippen molar-refractivity contribution in [3.63, 3.8) is 0 Å². The fourth-order valence-corrected chi connectivity index (χ4v) is 4.01. The van der Waals surface area contributed by atoms with Crippen LogP contribution in [-0.2, 0) is 11.3 Å². The Labute approximate surface area is 144 Å². The van der Waals surface area contributed by atoms with Crippen molar-refractivity contribution in [2.45, 2.75) is 57.3 Å². The highest BCUT2D eigenvalue weighted by Crippen LogP contribution is 2.31. The van der Waals surface area contributed by atoms with Gasteiger partial charge in [0, 0.05) is 28.4 Å². The van der Waals surface area contributed by atoms with E-state index in [2.05, 4.69) is 52.3 Å². The van der Waals surface area contributed by atoms with Crippen LogP contribution in [0.5, 0.6) is 0 Å². The first-order valence-corrected chi connectivity index (χ1v) is 9.89. The summed E-state index contributed by atoms with van der Waals surface area (Å²) < 4.78 is 2.08. The Balaban J connectivity index is 1.71. The van der Waals surface area contributed by atoms with Gasteiger partial charge in [-0.15, -0.1) is 21.5 Å². The third kappa shape index (κ3) is 3.95. The molecule has 1 aliphatic rings. The third-order valence-corrected chi connectivity index (χ3v) is 5.95. The lowest BCUT2D eigenvalue weighted by Gasteiger charge is -2.06. The summed E-state index contributed by atoms with van der Waals surface area (Å²) in [6.45, 7) is 7.26. The Hall–Kier alpha value is -1.34. The van der Waals surface area contributed by atoms with Crippen LogP contribution in [0, 0.1) is 0 Å². The van der Waals surface area contributed by atoms with Crippen LogP contribution in [0.15, 0.2) is 16.6 Å². The van der Waals surface area contributed by atoms with E-state index < -0.39 is 0 Å². The minimum Gasteiger partial charge on any atom is -0.353 e. The van der Waals surface area contributed by atoms with Crippen molar-refractivity contribution in [3.05, 3.63) is 16.3 Å². The summed E-state index contributed by atoms with van der Waals surface area (Å²) in [5.41, 5.74) is 1.11. The zero-order chi connectivity index (χ0) is 16.4. The summed E-state index contributed by atoms with van der Waals surface area (Å²) in [7, 11) is 0. The van der Waals surface area contributed by atoms with Gasteiger partial charge >= 0.3 is 0 Å². The molecular formula is C16H22N4OS2. The van der Waals surface area contributed by atoms with Crippen LogP contribution < -0.4 is 5.32 Å². The number of aromatic nitrogens is 3. The van der Waals surface area contributed by atoms with Crippen LogP contribution in [0.2, 0.25) is 0 Å². The van der Waals surface area contributed by atoms with Gasteiger partial charge < -0.3 is 9.88 Å². The Kier molecular flexibility index (Phi) is 5.06. The molecule has 0 unspecified atom stereocenters. The summed E-state index contributed by atoms with van der Waals surface area (Å²) in [6.07, 6.45) is 2.23. The van der Waals surface area contributed by atoms with E-state index in [1.165, 1.54) is 16.6 Å². The lowest BCUT2D eigenvalue weighted by atomic mass is 10.1. The molecule has 2 aromatic heterocycles. The molecule has 1 N–H and O–H groups in total. The maximum Gasteiger partial charge on any atom is 0.230 e. The summed E-state index contributed by atoms with van der Waals surface area (Å²) in [4.78, 5) is 13.2. The maximum absolute atomic E-state index is 11.8. The second-order valence-electron chi connectivity index (χ2n) is 6.07. The molecule has 3 rings (SSSR count). The fraction of sp³-hybridized carbons (Fsp3) is 0.562. The molecule has 1 fully saturated rings. The Bertz CT molecular complexity index is 688. The van der Waals surface area contributed by atoms with Gasteiger partial charge in [-0.2, -0.15) is 0 Å². The number of nitrogens with zero attached hydrogens (tertiary/aromatic N) is 3. The number of rotatable bonds is 7. The summed E-state index contributed by atoms with van der Waals surface area (Å²) in [5.74, 6) is 1.89. The summed E-state index contributed by atoms with van der Waals surface area (Å²) in [6, 6.07) is 2.60. The summed E-state index contributed by atoms with van der Waals surface area (Å²) in [5, 5.41) is 14.6. The van der Waals surface area contributed by atoms with Gasteiger partial charge in [0.15, 0.2) is 11.0 Å². The number of nitrogens with one attached hydrogen (secondary N) is 1. The Morgan fingerprint density at radius 3 is 2.87 bits per heavy atom. The molecule has 23 heavy (non-hydrogen) atoms. The standard InChI is InChI=1S/C16H22N4OS2/c1-4-20-15(11-7-13(10(2)3)22-8-11)18-19-16(20)23-9-14(21)17-12-5-6-12/h7-8,10,12H,4-6,9H2,1-3H3,(H,17,21). The van der Waals surface area contributed by atoms with Crippen LogP contribution in [0.1, 0.15) is 44.4 Å². The van der Waals surface area contributed by atoms with E-state index in [9.17, 15) is 4.79 Å². The number of hydrogen-bond acceptors (Lipinski definition) is 5. The van der Waals surface area contributed by atoms with Gasteiger partial charge in [-0.1, -0.05) is 25.6 Å². The van der Waals surface area contributed by atoms with Crippen LogP contribution >= 0.6 is 23.1 Å². The second kappa shape index (κ2) is 7.05. The quantitative estimate of drug-likeness (QED) is 0.776. The molecule has 0 atom stereocenters. The van der Waals surface area contributed by atoms with Gasteiger partial charge in [0.2, 0.25) is 5.91 Å². The molecule has 0 saturated heterocycles. The van der Waals surface area contributed by atoms with E-state index in [1.54, 1.807) is 11.3 Å². The Morgan fingerprint density at radius 2 is 2.26 bits per heavy atom. The number of hydrogen-bond donors (Lipinski definition) is 1. The van der Waals surface area contributed by atoms with Gasteiger partial charge in [0.25, 0.3) is 0 Å². The lowest BCUT2D eigenvalue weighted by molar-refractivity contribution is -0.118. The lowest BCUT2D eigenvalue weighted by Crippen LogP contribution is -2.27. The van der Waals surface area contributed by atoms with Crippen molar-refractivity contribution in [3.8, 4) is 11.4 Å². The van der Waals surface area contributed by atoms with E-state index in [0.717, 1.165) is 35.9 Å². The molecule has 5 nitrogen and oxygen atoms in total. The van der Waals surface area contributed by atoms with Crippen molar-refractivity contribution in [2.24, 2.45) is 0 Å². The topological polar surface area (TPSA) is 59.8 Å². The molecule has 0 bridgehead atoms. The molecule has 0 aromatic carbocycles. The zero-order valence-corrected chi connectivity index (χ0v) is 15.3. The normalized spacial score (nSPS) is 14.4. The number of thiophene rings is 1. The van der Waals surface area contributed by atoms with Crippen molar-refractivity contribution in [2.75, 3.05) is 5.75 Å². The SMILES string of the molecule is CCn1c(SCC(=O)NC2CC2)nnc1-c1csc(C(C)C)c1. The monoisotopic (exact) mass is 350 g/mol. The van der Waals surface area contributed by atoms with E-state index >= 15 is 0 Å². The molecule has 2 heterocycles. The van der Waals surface area contributed by atoms with E-state index in [0.29, 0.717) is 17.7 Å². The molecule has 1 amide bonds. The first-order valence-electron chi connectivity index (χ1n) is 8.02. The zero-order valence-electron chi connectivity index (χ0n) is 13.7. The number of carbonyl (C=O) groups excluding carboxylic acids is 1. The van der Waals surface area contributed by atoms with Crippen LogP contribution in [0.25, 0.3) is 11.4 Å². The second-order valence-corrected chi connectivity index (χ2v) is 7.96. The van der Waals surface area contributed by atoms with Crippen molar-refractivity contribution < 1.29 is 4.79 Å². The predicted molar refractivity (Wildman–Crippen MR) is 95.0 cm³/mol. The third-order valence-electron chi connectivity index (χ3n) is 3.75. The first-order chi connectivity index (χ1) is 11.1. The molecule has 7 heteroatoms. The number of thioether (sulfide) groups is 1. The summed E-state index contributed by atoms with van der Waals surface area (Å²) >= 11 is 3.22. The van der Waals surface area contributed by atoms with Gasteiger partial charge in [-0.25, -0.2) is 0 Å². The van der Waals surface area contributed by atoms with Crippen molar-refractivity contribution in [1.82, 2.24) is 20.1 Å². The van der Waals surface area contributed by atoms with E-state index in [-0.39, 0.29) is 5.91 Å². The highest BCUT2D eigenvalue weighted by Gasteiger charge is 2.23. The average Bonchev–Trinajstić information content (AvgIpc) is 3.05. The van der Waals surface area contributed by atoms with Gasteiger partial charge in [-0.05, 0) is 31.7 Å². The average molecular weight is 351 g/mol. The molecule has 2 aromatic rings. The molecule has 1 aliphatic carbocycles. The largest absolute Gasteiger partial charge is 0.353 e. The van der Waals surface area contributed by atoms with E-state index in [4.69, 9.17) is 0 Å². The molecule has 0 radical (unpaired) electrons. The molecule has 0 aliphatic heterocycles. The predicted octanol–water partition coefficient (Wildman–Crippen LogP) is 3.52. The van der Waals surface area contributed by atoms with Gasteiger partial charge in [0.05, 0.1) is 5.75 Å². The van der Waals surface area contributed by atoms with Gasteiger partial charge in [-0.3, -0.25) is 4.79 Å². The van der Waals surface area contributed by atoms with Crippen LogP contribution in [-0.4, -0.2) is 32.5 Å². The smallest absolute Gasteiger partial charge is 0.230 e.